The van der Waals surface area contributed by atoms with Gasteiger partial charge in [0.2, 0.25) is 0 Å². The van der Waals surface area contributed by atoms with Crippen LogP contribution < -0.4 is 0 Å². The van der Waals surface area contributed by atoms with Gasteiger partial charge in [-0.1, -0.05) is 0 Å². The first kappa shape index (κ1) is 17.2. The van der Waals surface area contributed by atoms with Gasteiger partial charge < -0.3 is 14.8 Å². The summed E-state index contributed by atoms with van der Waals surface area (Å²) >= 11 is 0. The second-order valence-corrected chi connectivity index (χ2v) is 7.52. The highest BCUT2D eigenvalue weighted by Gasteiger charge is 2.30. The van der Waals surface area contributed by atoms with Crippen molar-refractivity contribution in [1.29, 1.82) is 10.5 Å². The minimum Gasteiger partial charge on any atom is -0.481 e. The maximum absolute atomic E-state index is 12.4. The van der Waals surface area contributed by atoms with E-state index in [2.05, 4.69) is 0 Å². The molecule has 2 N–H and O–H groups in total. The number of hydrogen-bond acceptors (Lipinski definition) is 5. The Kier molecular flexibility index (Phi) is 7.48. The largest absolute Gasteiger partial charge is 0.481 e. The van der Waals surface area contributed by atoms with E-state index in [0.29, 0.717) is 0 Å². The smallest absolute Gasteiger partial charge is 0.317 e. The van der Waals surface area contributed by atoms with Crippen molar-refractivity contribution in [2.75, 3.05) is 18.5 Å². The van der Waals surface area contributed by atoms with Gasteiger partial charge in [0.05, 0.1) is 19.3 Å². The van der Waals surface area contributed by atoms with Crippen LogP contribution in [0.1, 0.15) is 19.3 Å². The molecule has 0 aliphatic heterocycles. The van der Waals surface area contributed by atoms with E-state index >= 15 is 0 Å². The van der Waals surface area contributed by atoms with Crippen LogP contribution in [0.15, 0.2) is 0 Å². The third-order valence-electron chi connectivity index (χ3n) is 2.68. The Balaban J connectivity index is 4.69. The Hall–Kier alpha value is -1.85. The van der Waals surface area contributed by atoms with Crippen molar-refractivity contribution in [3.05, 3.63) is 0 Å². The van der Waals surface area contributed by atoms with Crippen LogP contribution in [0.4, 0.5) is 0 Å². The number of rotatable bonds is 9. The fourth-order valence-electron chi connectivity index (χ4n) is 1.56. The van der Waals surface area contributed by atoms with Crippen LogP contribution in [0.5, 0.6) is 0 Å². The van der Waals surface area contributed by atoms with Crippen LogP contribution in [0, 0.1) is 28.6 Å². The molecule has 0 aromatic carbocycles. The summed E-state index contributed by atoms with van der Waals surface area (Å²) < 4.78 is 12.4. The highest BCUT2D eigenvalue weighted by Crippen LogP contribution is 2.47. The van der Waals surface area contributed by atoms with Crippen molar-refractivity contribution >= 4 is 19.1 Å². The SMILES string of the molecule is N#CCCP(=O)(CCC#N)CCC(C(=O)O)C(=O)O. The Morgan fingerprint density at radius 1 is 1.00 bits per heavy atom. The van der Waals surface area contributed by atoms with Crippen LogP contribution >= 0.6 is 7.14 Å². The lowest BCUT2D eigenvalue weighted by Gasteiger charge is -2.17. The highest BCUT2D eigenvalue weighted by molar-refractivity contribution is 7.63. The van der Waals surface area contributed by atoms with Crippen LogP contribution in [0.3, 0.4) is 0 Å². The Bertz CT molecular complexity index is 427. The van der Waals surface area contributed by atoms with E-state index in [1.54, 1.807) is 0 Å². The molecule has 0 aliphatic carbocycles. The molecule has 0 atom stereocenters. The second kappa shape index (κ2) is 8.29. The van der Waals surface area contributed by atoms with Crippen molar-refractivity contribution in [3.8, 4) is 12.1 Å². The molecular formula is C11H15N2O5P. The molecule has 0 aliphatic rings. The number of aliphatic carboxylic acids is 2. The van der Waals surface area contributed by atoms with Gasteiger partial charge >= 0.3 is 11.9 Å². The Morgan fingerprint density at radius 2 is 1.42 bits per heavy atom. The van der Waals surface area contributed by atoms with Crippen molar-refractivity contribution < 1.29 is 24.4 Å². The quantitative estimate of drug-likeness (QED) is 0.481. The van der Waals surface area contributed by atoms with Crippen molar-refractivity contribution in [3.63, 3.8) is 0 Å². The lowest BCUT2D eigenvalue weighted by atomic mass is 10.1. The van der Waals surface area contributed by atoms with E-state index in [-0.39, 0.29) is 37.7 Å². The molecule has 0 aromatic rings. The van der Waals surface area contributed by atoms with Gasteiger partial charge in [-0.05, 0) is 6.42 Å². The summed E-state index contributed by atoms with van der Waals surface area (Å²) in [5.41, 5.74) is 0. The fourth-order valence-corrected chi connectivity index (χ4v) is 3.97. The summed E-state index contributed by atoms with van der Waals surface area (Å²) in [5, 5.41) is 34.4. The molecule has 0 saturated carbocycles. The molecule has 0 amide bonds. The molecule has 0 bridgehead atoms. The second-order valence-electron chi connectivity index (χ2n) is 4.06. The summed E-state index contributed by atoms with van der Waals surface area (Å²) in [6, 6.07) is 3.69. The lowest BCUT2D eigenvalue weighted by Crippen LogP contribution is -2.24. The molecule has 19 heavy (non-hydrogen) atoms. The van der Waals surface area contributed by atoms with E-state index in [1.807, 2.05) is 12.1 Å². The van der Waals surface area contributed by atoms with E-state index in [1.165, 1.54) is 0 Å². The van der Waals surface area contributed by atoms with Gasteiger partial charge in [0.1, 0.15) is 0 Å². The predicted molar refractivity (Wildman–Crippen MR) is 66.0 cm³/mol. The third-order valence-corrected chi connectivity index (χ3v) is 5.83. The minimum atomic E-state index is -2.86. The summed E-state index contributed by atoms with van der Waals surface area (Å²) in [6.45, 7) is 0. The topological polar surface area (TPSA) is 139 Å². The molecule has 0 unspecified atom stereocenters. The highest BCUT2D eigenvalue weighted by atomic mass is 31.2. The molecule has 0 spiro atoms. The first-order chi connectivity index (χ1) is 8.86. The molecule has 8 heteroatoms. The average molecular weight is 286 g/mol. The maximum Gasteiger partial charge on any atom is 0.317 e. The van der Waals surface area contributed by atoms with Gasteiger partial charge in [0, 0.05) is 31.3 Å². The van der Waals surface area contributed by atoms with Crippen molar-refractivity contribution in [2.24, 2.45) is 5.92 Å². The first-order valence-corrected chi connectivity index (χ1v) is 7.89. The number of carboxylic acid groups (broad SMARTS) is 2. The number of carboxylic acids is 2. The van der Waals surface area contributed by atoms with E-state index in [4.69, 9.17) is 20.7 Å². The molecule has 0 fully saturated rings. The zero-order chi connectivity index (χ0) is 14.9. The maximum atomic E-state index is 12.4. The van der Waals surface area contributed by atoms with Crippen LogP contribution in [-0.4, -0.2) is 40.6 Å². The van der Waals surface area contributed by atoms with Gasteiger partial charge in [-0.2, -0.15) is 10.5 Å². The first-order valence-electron chi connectivity index (χ1n) is 5.63. The van der Waals surface area contributed by atoms with E-state index < -0.39 is 25.0 Å². The number of nitriles is 2. The summed E-state index contributed by atoms with van der Waals surface area (Å²) in [7, 11) is -2.86. The van der Waals surface area contributed by atoms with Gasteiger partial charge in [0.15, 0.2) is 5.92 Å². The minimum absolute atomic E-state index is 0.0491. The fraction of sp³-hybridized carbons (Fsp3) is 0.636. The molecule has 0 saturated heterocycles. The molecule has 0 radical (unpaired) electrons. The lowest BCUT2D eigenvalue weighted by molar-refractivity contribution is -0.154. The van der Waals surface area contributed by atoms with Crippen molar-refractivity contribution in [2.45, 2.75) is 19.3 Å². The molecule has 7 nitrogen and oxygen atoms in total. The van der Waals surface area contributed by atoms with E-state index in [0.717, 1.165) is 0 Å². The summed E-state index contributed by atoms with van der Waals surface area (Å²) in [4.78, 5) is 21.4. The molecule has 0 heterocycles. The van der Waals surface area contributed by atoms with Gasteiger partial charge in [-0.15, -0.1) is 0 Å². The van der Waals surface area contributed by atoms with Crippen LogP contribution in [-0.2, 0) is 14.2 Å². The normalized spacial score (nSPS) is 10.7. The molecule has 0 aromatic heterocycles. The predicted octanol–water partition coefficient (Wildman–Crippen LogP) is 1.35. The van der Waals surface area contributed by atoms with Gasteiger partial charge in [0.25, 0.3) is 0 Å². The summed E-state index contributed by atoms with van der Waals surface area (Å²) in [5.74, 6) is -4.54. The third kappa shape index (κ3) is 6.59. The summed E-state index contributed by atoms with van der Waals surface area (Å²) in [6.07, 6.45) is -0.0340. The van der Waals surface area contributed by atoms with Gasteiger partial charge in [-0.25, -0.2) is 0 Å². The van der Waals surface area contributed by atoms with Crippen LogP contribution in [0.25, 0.3) is 0 Å². The number of hydrogen-bond donors (Lipinski definition) is 2. The van der Waals surface area contributed by atoms with Crippen molar-refractivity contribution in [1.82, 2.24) is 0 Å². The van der Waals surface area contributed by atoms with Crippen LogP contribution in [0.2, 0.25) is 0 Å². The standard InChI is InChI=1S/C11H15N2O5P/c12-4-1-6-19(18,7-2-5-13)8-3-9(10(14)15)11(16)17/h9H,1-3,6-8H2,(H,14,15)(H,16,17). The average Bonchev–Trinajstić information content (AvgIpc) is 2.33. The van der Waals surface area contributed by atoms with E-state index in [9.17, 15) is 14.2 Å². The molecule has 0 rings (SSSR count). The van der Waals surface area contributed by atoms with Gasteiger partial charge in [-0.3, -0.25) is 9.59 Å². The zero-order valence-electron chi connectivity index (χ0n) is 10.3. The molecule has 104 valence electrons. The Labute approximate surface area is 110 Å². The Morgan fingerprint density at radius 3 is 1.74 bits per heavy atom. The monoisotopic (exact) mass is 286 g/mol. The number of nitrogens with zero attached hydrogens (tertiary/aromatic N) is 2. The zero-order valence-corrected chi connectivity index (χ0v) is 11.2. The number of carbonyl (C=O) groups is 2. The molecular weight excluding hydrogens is 271 g/mol.